The molecule has 0 radical (unpaired) electrons. The maximum atomic E-state index is 12.6. The first kappa shape index (κ1) is 80.4. The van der Waals surface area contributed by atoms with Gasteiger partial charge in [-0.2, -0.15) is 0 Å². The van der Waals surface area contributed by atoms with Gasteiger partial charge in [0.1, 0.15) is 0 Å². The Bertz CT molecular complexity index is 1110. The van der Waals surface area contributed by atoms with Crippen LogP contribution in [0, 0.1) is 0 Å². The van der Waals surface area contributed by atoms with Crippen molar-refractivity contribution in [1.82, 2.24) is 5.32 Å². The molecule has 0 fully saturated rings. The molecule has 486 valence electrons. The molecule has 4 heteroatoms. The van der Waals surface area contributed by atoms with Crippen LogP contribution in [0.4, 0.5) is 0 Å². The molecule has 0 aromatic carbocycles. The lowest BCUT2D eigenvalue weighted by Crippen LogP contribution is -2.45. The van der Waals surface area contributed by atoms with Gasteiger partial charge in [-0.05, 0) is 12.8 Å². The molecule has 0 aromatic rings. The molecule has 0 rings (SSSR count). The molecule has 2 atom stereocenters. The molecule has 0 saturated carbocycles. The number of hydrogen-bond donors (Lipinski definition) is 3. The van der Waals surface area contributed by atoms with Crippen molar-refractivity contribution in [2.24, 2.45) is 0 Å². The Hall–Kier alpha value is -0.610. The summed E-state index contributed by atoms with van der Waals surface area (Å²) in [6.45, 7) is 4.43. The number of hydrogen-bond acceptors (Lipinski definition) is 3. The van der Waals surface area contributed by atoms with E-state index >= 15 is 0 Å². The fraction of sp³-hybridized carbons (Fsp3) is 0.987. The van der Waals surface area contributed by atoms with Crippen molar-refractivity contribution in [2.45, 2.75) is 482 Å². The molecule has 0 spiro atoms. The van der Waals surface area contributed by atoms with Crippen LogP contribution in [0.5, 0.6) is 0 Å². The second-order valence-electron chi connectivity index (χ2n) is 27.2. The monoisotopic (exact) mass is 1140 g/mol. The molecular weight excluding hydrogens is 987 g/mol. The van der Waals surface area contributed by atoms with Crippen LogP contribution in [0.2, 0.25) is 0 Å². The van der Waals surface area contributed by atoms with Gasteiger partial charge >= 0.3 is 0 Å². The van der Waals surface area contributed by atoms with E-state index in [0.29, 0.717) is 12.8 Å². The molecular formula is C77H155NO3. The first-order chi connectivity index (χ1) is 40.2. The van der Waals surface area contributed by atoms with Gasteiger partial charge in [-0.25, -0.2) is 0 Å². The molecule has 81 heavy (non-hydrogen) atoms. The second kappa shape index (κ2) is 73.6. The third-order valence-electron chi connectivity index (χ3n) is 18.9. The number of carbonyl (C=O) groups excluding carboxylic acids is 1. The molecule has 0 aliphatic heterocycles. The largest absolute Gasteiger partial charge is 0.394 e. The molecule has 0 aliphatic rings. The highest BCUT2D eigenvalue weighted by Gasteiger charge is 2.20. The number of unbranched alkanes of at least 4 members (excludes halogenated alkanes) is 67. The zero-order chi connectivity index (χ0) is 58.4. The predicted octanol–water partition coefficient (Wildman–Crippen LogP) is 26.6. The van der Waals surface area contributed by atoms with E-state index < -0.39 is 12.1 Å². The van der Waals surface area contributed by atoms with Gasteiger partial charge in [0, 0.05) is 6.42 Å². The highest BCUT2D eigenvalue weighted by molar-refractivity contribution is 5.76. The summed E-state index contributed by atoms with van der Waals surface area (Å²) in [4.78, 5) is 12.6. The summed E-state index contributed by atoms with van der Waals surface area (Å²) in [6, 6.07) is -0.534. The maximum Gasteiger partial charge on any atom is 0.220 e. The molecule has 2 unspecified atom stereocenters. The van der Waals surface area contributed by atoms with E-state index in [1.165, 1.54) is 417 Å². The van der Waals surface area contributed by atoms with Crippen LogP contribution < -0.4 is 5.32 Å². The van der Waals surface area contributed by atoms with Gasteiger partial charge in [0.15, 0.2) is 0 Å². The molecule has 1 amide bonds. The van der Waals surface area contributed by atoms with Crippen molar-refractivity contribution in [3.05, 3.63) is 0 Å². The van der Waals surface area contributed by atoms with E-state index in [-0.39, 0.29) is 12.5 Å². The number of amides is 1. The van der Waals surface area contributed by atoms with E-state index in [4.69, 9.17) is 0 Å². The number of rotatable bonds is 74. The molecule has 0 bridgehead atoms. The minimum Gasteiger partial charge on any atom is -0.394 e. The highest BCUT2D eigenvalue weighted by Crippen LogP contribution is 2.21. The van der Waals surface area contributed by atoms with Crippen LogP contribution in [-0.2, 0) is 4.79 Å². The van der Waals surface area contributed by atoms with Crippen LogP contribution in [0.3, 0.4) is 0 Å². The lowest BCUT2D eigenvalue weighted by molar-refractivity contribution is -0.123. The fourth-order valence-electron chi connectivity index (χ4n) is 13.0. The van der Waals surface area contributed by atoms with Gasteiger partial charge in [0.05, 0.1) is 18.8 Å². The zero-order valence-corrected chi connectivity index (χ0v) is 56.4. The Morgan fingerprint density at radius 1 is 0.247 bits per heavy atom. The van der Waals surface area contributed by atoms with E-state index in [9.17, 15) is 15.0 Å². The van der Waals surface area contributed by atoms with Crippen LogP contribution in [0.15, 0.2) is 0 Å². The summed E-state index contributed by atoms with van der Waals surface area (Å²) in [7, 11) is 0. The average Bonchev–Trinajstić information content (AvgIpc) is 3.47. The van der Waals surface area contributed by atoms with Gasteiger partial charge in [0.25, 0.3) is 0 Å². The van der Waals surface area contributed by atoms with Gasteiger partial charge in [-0.15, -0.1) is 0 Å². The summed E-state index contributed by atoms with van der Waals surface area (Å²) < 4.78 is 0. The summed E-state index contributed by atoms with van der Waals surface area (Å²) in [5.74, 6) is -0.0181. The minimum absolute atomic E-state index is 0.0181. The Kier molecular flexibility index (Phi) is 73.1. The lowest BCUT2D eigenvalue weighted by Gasteiger charge is -2.22. The second-order valence-corrected chi connectivity index (χ2v) is 27.2. The van der Waals surface area contributed by atoms with Crippen molar-refractivity contribution in [2.75, 3.05) is 6.61 Å². The molecule has 3 N–H and O–H groups in total. The zero-order valence-electron chi connectivity index (χ0n) is 56.4. The number of nitrogens with one attached hydrogen (secondary N) is 1. The quantitative estimate of drug-likeness (QED) is 0.0532. The fourth-order valence-corrected chi connectivity index (χ4v) is 13.0. The number of aliphatic hydroxyl groups is 2. The standard InChI is InChI=1S/C77H155NO3/c1-3-5-7-9-11-13-15-17-19-21-23-25-27-29-31-33-35-37-38-39-40-41-43-45-47-49-51-53-55-57-59-61-63-65-67-69-71-73-77(81)78-75(74-79)76(80)72-70-68-66-64-62-60-58-56-54-52-50-48-46-44-42-36-34-32-30-28-26-24-22-20-18-16-14-12-10-8-6-4-2/h75-76,79-80H,3-74H2,1-2H3,(H,78,81). The Balaban J connectivity index is 3.33. The smallest absolute Gasteiger partial charge is 0.220 e. The van der Waals surface area contributed by atoms with Crippen molar-refractivity contribution < 1.29 is 15.0 Å². The highest BCUT2D eigenvalue weighted by atomic mass is 16.3. The van der Waals surface area contributed by atoms with E-state index in [0.717, 1.165) is 25.7 Å². The summed E-state index contributed by atoms with van der Waals surface area (Å²) >= 11 is 0. The van der Waals surface area contributed by atoms with E-state index in [1.807, 2.05) is 0 Å². The molecule has 0 saturated heterocycles. The summed E-state index contributed by atoms with van der Waals surface area (Å²) in [5.41, 5.74) is 0. The SMILES string of the molecule is CCCCCCCCCCCCCCCCCCCCCCCCCCCCCCCCCCCCCCCC(=O)NC(CO)C(O)CCCCCCCCCCCCCCCCCCCCCCCCCCCCCCCCCC. The van der Waals surface area contributed by atoms with Crippen molar-refractivity contribution in [3.63, 3.8) is 0 Å². The van der Waals surface area contributed by atoms with E-state index in [1.54, 1.807) is 0 Å². The normalized spacial score (nSPS) is 12.5. The lowest BCUT2D eigenvalue weighted by atomic mass is 10.0. The minimum atomic E-state index is -0.657. The van der Waals surface area contributed by atoms with Crippen LogP contribution in [-0.4, -0.2) is 34.9 Å². The Morgan fingerprint density at radius 2 is 0.395 bits per heavy atom. The van der Waals surface area contributed by atoms with Gasteiger partial charge in [-0.3, -0.25) is 4.79 Å². The molecule has 4 nitrogen and oxygen atoms in total. The van der Waals surface area contributed by atoms with E-state index in [2.05, 4.69) is 19.2 Å². The Morgan fingerprint density at radius 3 is 0.556 bits per heavy atom. The first-order valence-corrected chi connectivity index (χ1v) is 38.7. The first-order valence-electron chi connectivity index (χ1n) is 38.7. The van der Waals surface area contributed by atoms with Gasteiger partial charge in [-0.1, -0.05) is 450 Å². The van der Waals surface area contributed by atoms with Gasteiger partial charge < -0.3 is 15.5 Å². The van der Waals surface area contributed by atoms with Gasteiger partial charge in [0.2, 0.25) is 5.91 Å². The summed E-state index contributed by atoms with van der Waals surface area (Å²) in [6.07, 6.45) is 97.8. The molecule has 0 aromatic heterocycles. The van der Waals surface area contributed by atoms with Crippen LogP contribution in [0.25, 0.3) is 0 Å². The van der Waals surface area contributed by atoms with Crippen molar-refractivity contribution >= 4 is 5.91 Å². The van der Waals surface area contributed by atoms with Crippen molar-refractivity contribution in [3.8, 4) is 0 Å². The third kappa shape index (κ3) is 70.0. The number of carbonyl (C=O) groups is 1. The van der Waals surface area contributed by atoms with Crippen molar-refractivity contribution in [1.29, 1.82) is 0 Å². The summed E-state index contributed by atoms with van der Waals surface area (Å²) in [5, 5.41) is 23.5. The van der Waals surface area contributed by atoms with Crippen LogP contribution in [0.1, 0.15) is 470 Å². The predicted molar refractivity (Wildman–Crippen MR) is 364 cm³/mol. The molecule has 0 aliphatic carbocycles. The Labute approximate surface area is 512 Å². The third-order valence-corrected chi connectivity index (χ3v) is 18.9. The topological polar surface area (TPSA) is 69.6 Å². The average molecular weight is 1140 g/mol. The van der Waals surface area contributed by atoms with Crippen LogP contribution >= 0.6 is 0 Å². The maximum absolute atomic E-state index is 12.6. The molecule has 0 heterocycles. The number of aliphatic hydroxyl groups excluding tert-OH is 2.